The first-order valence-corrected chi connectivity index (χ1v) is 5.90. The number of nitrogens with zero attached hydrogens (tertiary/aromatic N) is 1. The average molecular weight is 271 g/mol. The molecule has 0 aliphatic carbocycles. The van der Waals surface area contributed by atoms with Crippen LogP contribution in [0.15, 0.2) is 18.3 Å². The van der Waals surface area contributed by atoms with Gasteiger partial charge in [0.15, 0.2) is 0 Å². The standard InChI is InChI=1S/C11H15BrN2O/c1-3-10(12)7-14-11(15)9-4-5-13-8(2)6-9/h4-6,10H,3,7H2,1-2H3,(H,14,15). The van der Waals surface area contributed by atoms with Crippen LogP contribution in [-0.4, -0.2) is 22.3 Å². The molecule has 0 bridgehead atoms. The van der Waals surface area contributed by atoms with Gasteiger partial charge in [0.25, 0.3) is 5.91 Å². The van der Waals surface area contributed by atoms with Gasteiger partial charge in [0.05, 0.1) is 0 Å². The van der Waals surface area contributed by atoms with Gasteiger partial charge in [0.1, 0.15) is 0 Å². The monoisotopic (exact) mass is 270 g/mol. The minimum Gasteiger partial charge on any atom is -0.351 e. The number of carbonyl (C=O) groups is 1. The Morgan fingerprint density at radius 2 is 2.40 bits per heavy atom. The molecule has 82 valence electrons. The van der Waals surface area contributed by atoms with Gasteiger partial charge >= 0.3 is 0 Å². The fourth-order valence-electron chi connectivity index (χ4n) is 1.14. The van der Waals surface area contributed by atoms with E-state index >= 15 is 0 Å². The first-order valence-electron chi connectivity index (χ1n) is 4.98. The Hall–Kier alpha value is -0.900. The molecule has 0 saturated carbocycles. The quantitative estimate of drug-likeness (QED) is 0.854. The van der Waals surface area contributed by atoms with Crippen LogP contribution < -0.4 is 5.32 Å². The second kappa shape index (κ2) is 5.85. The zero-order chi connectivity index (χ0) is 11.3. The van der Waals surface area contributed by atoms with Crippen molar-refractivity contribution in [1.29, 1.82) is 0 Å². The van der Waals surface area contributed by atoms with Crippen molar-refractivity contribution in [2.45, 2.75) is 25.1 Å². The number of aromatic nitrogens is 1. The third-order valence-corrected chi connectivity index (χ3v) is 3.06. The third kappa shape index (κ3) is 4.00. The average Bonchev–Trinajstić information content (AvgIpc) is 2.25. The van der Waals surface area contributed by atoms with E-state index in [1.165, 1.54) is 0 Å². The second-order valence-electron chi connectivity index (χ2n) is 3.40. The van der Waals surface area contributed by atoms with Gasteiger partial charge < -0.3 is 5.32 Å². The number of amides is 1. The summed E-state index contributed by atoms with van der Waals surface area (Å²) in [6.07, 6.45) is 2.64. The van der Waals surface area contributed by atoms with Crippen LogP contribution >= 0.6 is 15.9 Å². The molecule has 0 aliphatic rings. The predicted molar refractivity (Wildman–Crippen MR) is 64.3 cm³/mol. The lowest BCUT2D eigenvalue weighted by Crippen LogP contribution is -2.29. The van der Waals surface area contributed by atoms with Crippen LogP contribution in [-0.2, 0) is 0 Å². The molecule has 1 aromatic heterocycles. The normalized spacial score (nSPS) is 12.2. The maximum Gasteiger partial charge on any atom is 0.251 e. The molecule has 0 aliphatic heterocycles. The smallest absolute Gasteiger partial charge is 0.251 e. The number of rotatable bonds is 4. The Balaban J connectivity index is 2.54. The van der Waals surface area contributed by atoms with E-state index in [4.69, 9.17) is 0 Å². The molecule has 1 rings (SSSR count). The number of hydrogen-bond donors (Lipinski definition) is 1. The molecule has 3 nitrogen and oxygen atoms in total. The van der Waals surface area contributed by atoms with Crippen LogP contribution in [0.3, 0.4) is 0 Å². The van der Waals surface area contributed by atoms with Crippen molar-refractivity contribution < 1.29 is 4.79 Å². The van der Waals surface area contributed by atoms with Gasteiger partial charge in [-0.15, -0.1) is 0 Å². The van der Waals surface area contributed by atoms with Crippen LogP contribution in [0.25, 0.3) is 0 Å². The highest BCUT2D eigenvalue weighted by atomic mass is 79.9. The van der Waals surface area contributed by atoms with Crippen molar-refractivity contribution in [1.82, 2.24) is 10.3 Å². The van der Waals surface area contributed by atoms with Crippen molar-refractivity contribution in [2.75, 3.05) is 6.54 Å². The summed E-state index contributed by atoms with van der Waals surface area (Å²) >= 11 is 3.47. The number of alkyl halides is 1. The molecule has 0 aromatic carbocycles. The number of aryl methyl sites for hydroxylation is 1. The van der Waals surface area contributed by atoms with Crippen LogP contribution in [0.5, 0.6) is 0 Å². The molecule has 1 amide bonds. The van der Waals surface area contributed by atoms with Gasteiger partial charge in [-0.05, 0) is 25.5 Å². The lowest BCUT2D eigenvalue weighted by atomic mass is 10.2. The first-order chi connectivity index (χ1) is 7.13. The number of carbonyl (C=O) groups excluding carboxylic acids is 1. The van der Waals surface area contributed by atoms with Gasteiger partial charge in [-0.3, -0.25) is 9.78 Å². The van der Waals surface area contributed by atoms with Crippen LogP contribution in [0.2, 0.25) is 0 Å². The van der Waals surface area contributed by atoms with Gasteiger partial charge in [0, 0.05) is 28.8 Å². The van der Waals surface area contributed by atoms with Crippen LogP contribution in [0.1, 0.15) is 29.4 Å². The molecule has 0 spiro atoms. The summed E-state index contributed by atoms with van der Waals surface area (Å²) in [5, 5.41) is 2.86. The highest BCUT2D eigenvalue weighted by molar-refractivity contribution is 9.09. The zero-order valence-corrected chi connectivity index (χ0v) is 10.5. The molecule has 1 unspecified atom stereocenters. The van der Waals surface area contributed by atoms with E-state index in [0.717, 1.165) is 12.1 Å². The highest BCUT2D eigenvalue weighted by Crippen LogP contribution is 2.04. The Labute approximate surface area is 98.4 Å². The molecular formula is C11H15BrN2O. The number of halogens is 1. The van der Waals surface area contributed by atoms with E-state index in [-0.39, 0.29) is 5.91 Å². The summed E-state index contributed by atoms with van der Waals surface area (Å²) in [5.74, 6) is -0.0431. The third-order valence-electron chi connectivity index (χ3n) is 2.09. The van der Waals surface area contributed by atoms with Crippen LogP contribution in [0, 0.1) is 6.92 Å². The van der Waals surface area contributed by atoms with E-state index in [0.29, 0.717) is 16.9 Å². The lowest BCUT2D eigenvalue weighted by molar-refractivity contribution is 0.0953. The van der Waals surface area contributed by atoms with Crippen LogP contribution in [0.4, 0.5) is 0 Å². The molecular weight excluding hydrogens is 256 g/mol. The molecule has 15 heavy (non-hydrogen) atoms. The summed E-state index contributed by atoms with van der Waals surface area (Å²) in [6, 6.07) is 3.50. The minimum absolute atomic E-state index is 0.0431. The largest absolute Gasteiger partial charge is 0.351 e. The van der Waals surface area contributed by atoms with Gasteiger partial charge in [-0.1, -0.05) is 22.9 Å². The number of hydrogen-bond acceptors (Lipinski definition) is 2. The Morgan fingerprint density at radius 1 is 1.67 bits per heavy atom. The highest BCUT2D eigenvalue weighted by Gasteiger charge is 2.07. The van der Waals surface area contributed by atoms with Gasteiger partial charge in [0.2, 0.25) is 0 Å². The SMILES string of the molecule is CCC(Br)CNC(=O)c1ccnc(C)c1. The van der Waals surface area contributed by atoms with E-state index in [2.05, 4.69) is 33.2 Å². The summed E-state index contributed by atoms with van der Waals surface area (Å²) in [7, 11) is 0. The minimum atomic E-state index is -0.0431. The van der Waals surface area contributed by atoms with Crippen molar-refractivity contribution in [3.63, 3.8) is 0 Å². The van der Waals surface area contributed by atoms with E-state index in [1.807, 2.05) is 6.92 Å². The van der Waals surface area contributed by atoms with Gasteiger partial charge in [-0.2, -0.15) is 0 Å². The fraction of sp³-hybridized carbons (Fsp3) is 0.455. The summed E-state index contributed by atoms with van der Waals surface area (Å²) in [6.45, 7) is 4.59. The van der Waals surface area contributed by atoms with Crippen molar-refractivity contribution >= 4 is 21.8 Å². The topological polar surface area (TPSA) is 42.0 Å². The lowest BCUT2D eigenvalue weighted by Gasteiger charge is -2.08. The summed E-state index contributed by atoms with van der Waals surface area (Å²) in [4.78, 5) is 16.0. The van der Waals surface area contributed by atoms with E-state index in [9.17, 15) is 4.79 Å². The predicted octanol–water partition coefficient (Wildman–Crippen LogP) is 2.29. The van der Waals surface area contributed by atoms with Crippen molar-refractivity contribution in [2.24, 2.45) is 0 Å². The number of nitrogens with one attached hydrogen (secondary N) is 1. The van der Waals surface area contributed by atoms with Crippen molar-refractivity contribution in [3.8, 4) is 0 Å². The first kappa shape index (κ1) is 12.2. The zero-order valence-electron chi connectivity index (χ0n) is 8.96. The Bertz CT molecular complexity index is 341. The van der Waals surface area contributed by atoms with Gasteiger partial charge in [-0.25, -0.2) is 0 Å². The Morgan fingerprint density at radius 3 is 3.00 bits per heavy atom. The number of pyridine rings is 1. The maximum atomic E-state index is 11.7. The molecule has 1 heterocycles. The molecule has 0 saturated heterocycles. The van der Waals surface area contributed by atoms with E-state index < -0.39 is 0 Å². The van der Waals surface area contributed by atoms with Crippen molar-refractivity contribution in [3.05, 3.63) is 29.6 Å². The molecule has 0 radical (unpaired) electrons. The summed E-state index contributed by atoms with van der Waals surface area (Å²) in [5.41, 5.74) is 1.52. The molecule has 1 N–H and O–H groups in total. The maximum absolute atomic E-state index is 11.7. The molecule has 1 aromatic rings. The summed E-state index contributed by atoms with van der Waals surface area (Å²) < 4.78 is 0. The molecule has 1 atom stereocenters. The molecule has 0 fully saturated rings. The van der Waals surface area contributed by atoms with E-state index in [1.54, 1.807) is 18.3 Å². The molecule has 4 heteroatoms. The Kier molecular flexibility index (Phi) is 4.75. The fourth-order valence-corrected chi connectivity index (χ4v) is 1.30. The second-order valence-corrected chi connectivity index (χ2v) is 4.70.